The lowest BCUT2D eigenvalue weighted by Crippen LogP contribution is -2.05. The molecule has 1 aromatic rings. The van der Waals surface area contributed by atoms with E-state index in [2.05, 4.69) is 20.7 Å². The second kappa shape index (κ2) is 5.86. The number of hydrogen-bond acceptors (Lipinski definition) is 4. The summed E-state index contributed by atoms with van der Waals surface area (Å²) in [6, 6.07) is 3.34. The molecular weight excluding hydrogens is 276 g/mol. The molecule has 16 heavy (non-hydrogen) atoms. The van der Waals surface area contributed by atoms with E-state index >= 15 is 0 Å². The Balaban J connectivity index is 3.06. The van der Waals surface area contributed by atoms with Crippen molar-refractivity contribution in [2.45, 2.75) is 6.92 Å². The maximum Gasteiger partial charge on any atom is 0.337 e. The maximum absolute atomic E-state index is 11.4. The van der Waals surface area contributed by atoms with Crippen molar-refractivity contribution in [1.29, 1.82) is 0 Å². The number of methoxy groups -OCH3 is 2. The zero-order valence-electron chi connectivity index (χ0n) is 9.37. The number of esters is 1. The molecule has 88 valence electrons. The summed E-state index contributed by atoms with van der Waals surface area (Å²) in [4.78, 5) is 11.4. The quantitative estimate of drug-likeness (QED) is 0.631. The molecular formula is C11H13BrO4. The van der Waals surface area contributed by atoms with Crippen LogP contribution in [0.5, 0.6) is 5.75 Å². The molecule has 0 saturated heterocycles. The molecule has 0 spiro atoms. The van der Waals surface area contributed by atoms with Gasteiger partial charge in [0.15, 0.2) is 6.79 Å². The molecule has 1 aromatic carbocycles. The normalized spacial score (nSPS) is 10.0. The fourth-order valence-corrected chi connectivity index (χ4v) is 1.54. The van der Waals surface area contributed by atoms with Crippen LogP contribution in [0.1, 0.15) is 15.9 Å². The minimum absolute atomic E-state index is 0.128. The lowest BCUT2D eigenvalue weighted by molar-refractivity contribution is 0.0498. The first-order valence-electron chi connectivity index (χ1n) is 4.60. The van der Waals surface area contributed by atoms with E-state index in [4.69, 9.17) is 9.47 Å². The lowest BCUT2D eigenvalue weighted by Gasteiger charge is -2.10. The van der Waals surface area contributed by atoms with E-state index in [1.54, 1.807) is 12.1 Å². The summed E-state index contributed by atoms with van der Waals surface area (Å²) in [5.41, 5.74) is 1.35. The van der Waals surface area contributed by atoms with Crippen molar-refractivity contribution < 1.29 is 19.0 Å². The van der Waals surface area contributed by atoms with Gasteiger partial charge in [-0.25, -0.2) is 4.79 Å². The predicted octanol–water partition coefficient (Wildman–Crippen LogP) is 2.53. The van der Waals surface area contributed by atoms with Gasteiger partial charge in [0.1, 0.15) is 5.75 Å². The Morgan fingerprint density at radius 2 is 2.06 bits per heavy atom. The summed E-state index contributed by atoms with van der Waals surface area (Å²) >= 11 is 3.38. The molecule has 0 unspecified atom stereocenters. The number of benzene rings is 1. The van der Waals surface area contributed by atoms with Gasteiger partial charge in [-0.1, -0.05) is 0 Å². The van der Waals surface area contributed by atoms with E-state index in [9.17, 15) is 4.79 Å². The molecule has 4 nitrogen and oxygen atoms in total. The van der Waals surface area contributed by atoms with Crippen molar-refractivity contribution in [2.75, 3.05) is 21.0 Å². The van der Waals surface area contributed by atoms with Crippen molar-refractivity contribution in [3.63, 3.8) is 0 Å². The molecule has 0 aliphatic carbocycles. The highest BCUT2D eigenvalue weighted by Gasteiger charge is 2.12. The van der Waals surface area contributed by atoms with E-state index in [0.717, 1.165) is 10.0 Å². The third kappa shape index (κ3) is 2.96. The minimum atomic E-state index is -0.391. The second-order valence-electron chi connectivity index (χ2n) is 3.15. The van der Waals surface area contributed by atoms with Crippen molar-refractivity contribution in [1.82, 2.24) is 0 Å². The van der Waals surface area contributed by atoms with Crippen LogP contribution in [0.15, 0.2) is 16.6 Å². The monoisotopic (exact) mass is 288 g/mol. The predicted molar refractivity (Wildman–Crippen MR) is 62.7 cm³/mol. The van der Waals surface area contributed by atoms with Crippen molar-refractivity contribution >= 4 is 21.9 Å². The van der Waals surface area contributed by atoms with Crippen LogP contribution >= 0.6 is 15.9 Å². The third-order valence-corrected chi connectivity index (χ3v) is 2.99. The van der Waals surface area contributed by atoms with Crippen LogP contribution < -0.4 is 4.74 Å². The van der Waals surface area contributed by atoms with Crippen LogP contribution in [-0.2, 0) is 9.47 Å². The summed E-state index contributed by atoms with van der Waals surface area (Å²) in [5.74, 6) is 0.167. The largest absolute Gasteiger partial charge is 0.466 e. The first-order valence-corrected chi connectivity index (χ1v) is 5.39. The van der Waals surface area contributed by atoms with Gasteiger partial charge >= 0.3 is 5.97 Å². The summed E-state index contributed by atoms with van der Waals surface area (Å²) in [6.07, 6.45) is 0. The molecule has 0 aliphatic rings. The van der Waals surface area contributed by atoms with Crippen LogP contribution in [0, 0.1) is 6.92 Å². The number of halogens is 1. The minimum Gasteiger partial charge on any atom is -0.466 e. The Morgan fingerprint density at radius 1 is 1.38 bits per heavy atom. The topological polar surface area (TPSA) is 44.8 Å². The van der Waals surface area contributed by atoms with Crippen LogP contribution in [0.4, 0.5) is 0 Å². The summed E-state index contributed by atoms with van der Waals surface area (Å²) in [5, 5.41) is 0. The Hall–Kier alpha value is -1.07. The van der Waals surface area contributed by atoms with Crippen molar-refractivity contribution in [2.24, 2.45) is 0 Å². The van der Waals surface area contributed by atoms with E-state index in [-0.39, 0.29) is 6.79 Å². The Morgan fingerprint density at radius 3 is 2.62 bits per heavy atom. The average Bonchev–Trinajstić information content (AvgIpc) is 2.29. The molecule has 0 saturated carbocycles. The number of carbonyl (C=O) groups is 1. The molecule has 0 heterocycles. The van der Waals surface area contributed by atoms with Crippen LogP contribution in [0.2, 0.25) is 0 Å². The SMILES string of the molecule is COCOc1cc(C(=O)OC)cc(C)c1Br. The summed E-state index contributed by atoms with van der Waals surface area (Å²) in [7, 11) is 2.88. The number of hydrogen-bond donors (Lipinski definition) is 0. The number of carbonyl (C=O) groups excluding carboxylic acids is 1. The van der Waals surface area contributed by atoms with Crippen LogP contribution in [0.25, 0.3) is 0 Å². The smallest absolute Gasteiger partial charge is 0.337 e. The third-order valence-electron chi connectivity index (χ3n) is 1.97. The van der Waals surface area contributed by atoms with Gasteiger partial charge in [0, 0.05) is 7.11 Å². The van der Waals surface area contributed by atoms with Crippen LogP contribution in [-0.4, -0.2) is 27.0 Å². The van der Waals surface area contributed by atoms with E-state index < -0.39 is 5.97 Å². The molecule has 0 atom stereocenters. The zero-order chi connectivity index (χ0) is 12.1. The Kier molecular flexibility index (Phi) is 4.76. The number of rotatable bonds is 4. The van der Waals surface area contributed by atoms with Gasteiger partial charge in [-0.2, -0.15) is 0 Å². The zero-order valence-corrected chi connectivity index (χ0v) is 11.0. The first kappa shape index (κ1) is 13.0. The maximum atomic E-state index is 11.4. The van der Waals surface area contributed by atoms with Crippen LogP contribution in [0.3, 0.4) is 0 Å². The molecule has 0 aromatic heterocycles. The Bertz CT molecular complexity index is 390. The highest BCUT2D eigenvalue weighted by molar-refractivity contribution is 9.10. The Labute approximate surface area is 103 Å². The standard InChI is InChI=1S/C11H13BrO4/c1-7-4-8(11(13)15-3)5-9(10(7)12)16-6-14-2/h4-5H,6H2,1-3H3. The summed E-state index contributed by atoms with van der Waals surface area (Å²) < 4.78 is 15.6. The van der Waals surface area contributed by atoms with Gasteiger partial charge in [-0.05, 0) is 40.5 Å². The van der Waals surface area contributed by atoms with Gasteiger partial charge < -0.3 is 14.2 Å². The first-order chi connectivity index (χ1) is 7.60. The second-order valence-corrected chi connectivity index (χ2v) is 3.94. The van der Waals surface area contributed by atoms with E-state index in [1.807, 2.05) is 6.92 Å². The molecule has 0 amide bonds. The van der Waals surface area contributed by atoms with Crippen molar-refractivity contribution in [3.05, 3.63) is 27.7 Å². The molecule has 0 bridgehead atoms. The number of ether oxygens (including phenoxy) is 3. The highest BCUT2D eigenvalue weighted by atomic mass is 79.9. The molecule has 0 aliphatic heterocycles. The summed E-state index contributed by atoms with van der Waals surface area (Å²) in [6.45, 7) is 2.00. The molecule has 0 fully saturated rings. The van der Waals surface area contributed by atoms with E-state index in [0.29, 0.717) is 11.3 Å². The molecule has 0 N–H and O–H groups in total. The molecule has 5 heteroatoms. The average molecular weight is 289 g/mol. The highest BCUT2D eigenvalue weighted by Crippen LogP contribution is 2.30. The van der Waals surface area contributed by atoms with Gasteiger partial charge in [-0.15, -0.1) is 0 Å². The van der Waals surface area contributed by atoms with E-state index in [1.165, 1.54) is 14.2 Å². The lowest BCUT2D eigenvalue weighted by atomic mass is 10.1. The van der Waals surface area contributed by atoms with Gasteiger partial charge in [0.05, 0.1) is 17.1 Å². The van der Waals surface area contributed by atoms with Gasteiger partial charge in [0.2, 0.25) is 0 Å². The molecule has 0 radical (unpaired) electrons. The van der Waals surface area contributed by atoms with Gasteiger partial charge in [-0.3, -0.25) is 0 Å². The van der Waals surface area contributed by atoms with Gasteiger partial charge in [0.25, 0.3) is 0 Å². The van der Waals surface area contributed by atoms with Crippen molar-refractivity contribution in [3.8, 4) is 5.75 Å². The fraction of sp³-hybridized carbons (Fsp3) is 0.364. The number of aryl methyl sites for hydroxylation is 1. The molecule has 1 rings (SSSR count). The fourth-order valence-electron chi connectivity index (χ4n) is 1.20.